The van der Waals surface area contributed by atoms with Gasteiger partial charge in [0, 0.05) is 6.20 Å². The van der Waals surface area contributed by atoms with Crippen molar-refractivity contribution >= 4 is 23.4 Å². The molecule has 1 aromatic heterocycles. The van der Waals surface area contributed by atoms with Gasteiger partial charge in [-0.15, -0.1) is 0 Å². The zero-order chi connectivity index (χ0) is 11.5. The Morgan fingerprint density at radius 1 is 1.40 bits per heavy atom. The van der Waals surface area contributed by atoms with Crippen LogP contribution in [0.15, 0.2) is 18.3 Å². The molecule has 0 bridgehead atoms. The summed E-state index contributed by atoms with van der Waals surface area (Å²) in [6.07, 6.45) is -3.57. The summed E-state index contributed by atoms with van der Waals surface area (Å²) in [5, 5.41) is 2.96. The van der Waals surface area contributed by atoms with Gasteiger partial charge in [0.1, 0.15) is 5.82 Å². The lowest BCUT2D eigenvalue weighted by Crippen LogP contribution is -2.40. The minimum Gasteiger partial charge on any atom is -0.292 e. The molecule has 0 aliphatic rings. The fourth-order valence-electron chi connectivity index (χ4n) is 0.726. The van der Waals surface area contributed by atoms with Gasteiger partial charge in [0.25, 0.3) is 0 Å². The molecular formula is C7H5ClF3N3O. The molecule has 0 spiro atoms. The van der Waals surface area contributed by atoms with E-state index in [0.717, 1.165) is 5.32 Å². The smallest absolute Gasteiger partial charge is 0.292 e. The van der Waals surface area contributed by atoms with Crippen LogP contribution >= 0.6 is 11.6 Å². The highest BCUT2D eigenvalue weighted by atomic mass is 35.5. The summed E-state index contributed by atoms with van der Waals surface area (Å²) in [5.74, 6) is -0.0267. The Labute approximate surface area is 87.4 Å². The first kappa shape index (κ1) is 11.6. The molecule has 0 aromatic carbocycles. The van der Waals surface area contributed by atoms with Crippen LogP contribution in [-0.2, 0) is 0 Å². The molecule has 1 heterocycles. The van der Waals surface area contributed by atoms with Crippen LogP contribution in [0.3, 0.4) is 0 Å². The summed E-state index contributed by atoms with van der Waals surface area (Å²) >= 11 is 5.48. The molecule has 0 aliphatic carbocycles. The normalized spacial score (nSPS) is 10.9. The maximum atomic E-state index is 11.7. The van der Waals surface area contributed by atoms with Gasteiger partial charge in [-0.1, -0.05) is 11.6 Å². The predicted octanol–water partition coefficient (Wildman–Crippen LogP) is 2.38. The molecule has 1 aromatic rings. The minimum absolute atomic E-state index is 0.0267. The van der Waals surface area contributed by atoms with Gasteiger partial charge in [0.15, 0.2) is 0 Å². The highest BCUT2D eigenvalue weighted by molar-refractivity contribution is 6.30. The number of nitrogens with one attached hydrogen (secondary N) is 2. The predicted molar refractivity (Wildman–Crippen MR) is 47.5 cm³/mol. The Kier molecular flexibility index (Phi) is 3.35. The number of rotatable bonds is 1. The lowest BCUT2D eigenvalue weighted by molar-refractivity contribution is -0.144. The van der Waals surface area contributed by atoms with Gasteiger partial charge in [-0.2, -0.15) is 13.2 Å². The Bertz CT molecular complexity index is 351. The van der Waals surface area contributed by atoms with Crippen molar-refractivity contribution in [3.05, 3.63) is 23.4 Å². The van der Waals surface area contributed by atoms with Crippen molar-refractivity contribution in [2.75, 3.05) is 5.32 Å². The molecule has 15 heavy (non-hydrogen) atoms. The molecule has 0 unspecified atom stereocenters. The fourth-order valence-corrected chi connectivity index (χ4v) is 0.838. The van der Waals surface area contributed by atoms with E-state index in [0.29, 0.717) is 5.02 Å². The summed E-state index contributed by atoms with van der Waals surface area (Å²) < 4.78 is 35.0. The van der Waals surface area contributed by atoms with E-state index in [4.69, 9.17) is 11.6 Å². The van der Waals surface area contributed by atoms with Gasteiger partial charge < -0.3 is 0 Å². The SMILES string of the molecule is O=C(Nc1ccc(Cl)cn1)NC(F)(F)F. The average molecular weight is 240 g/mol. The molecule has 0 radical (unpaired) electrons. The second-order valence-electron chi connectivity index (χ2n) is 2.44. The van der Waals surface area contributed by atoms with Crippen LogP contribution in [0.25, 0.3) is 0 Å². The summed E-state index contributed by atoms with van der Waals surface area (Å²) in [6.45, 7) is 0. The van der Waals surface area contributed by atoms with E-state index in [1.54, 1.807) is 0 Å². The highest BCUT2D eigenvalue weighted by Gasteiger charge is 2.30. The Morgan fingerprint density at radius 3 is 2.53 bits per heavy atom. The third-order valence-electron chi connectivity index (χ3n) is 1.22. The van der Waals surface area contributed by atoms with E-state index in [2.05, 4.69) is 4.98 Å². The first-order chi connectivity index (χ1) is 6.87. The number of amides is 2. The van der Waals surface area contributed by atoms with Gasteiger partial charge in [0.05, 0.1) is 5.02 Å². The Morgan fingerprint density at radius 2 is 2.07 bits per heavy atom. The van der Waals surface area contributed by atoms with Crippen molar-refractivity contribution < 1.29 is 18.0 Å². The number of halogens is 4. The van der Waals surface area contributed by atoms with E-state index in [-0.39, 0.29) is 5.82 Å². The van der Waals surface area contributed by atoms with Crippen molar-refractivity contribution in [3.63, 3.8) is 0 Å². The van der Waals surface area contributed by atoms with Gasteiger partial charge in [-0.3, -0.25) is 5.32 Å². The fraction of sp³-hybridized carbons (Fsp3) is 0.143. The van der Waals surface area contributed by atoms with E-state index in [1.807, 2.05) is 5.32 Å². The van der Waals surface area contributed by atoms with Gasteiger partial charge in [0.2, 0.25) is 0 Å². The van der Waals surface area contributed by atoms with Crippen LogP contribution in [0.1, 0.15) is 0 Å². The van der Waals surface area contributed by atoms with Crippen LogP contribution < -0.4 is 10.6 Å². The number of pyridine rings is 1. The molecule has 2 amide bonds. The van der Waals surface area contributed by atoms with Crippen molar-refractivity contribution in [3.8, 4) is 0 Å². The second kappa shape index (κ2) is 4.35. The van der Waals surface area contributed by atoms with Crippen molar-refractivity contribution in [1.82, 2.24) is 10.3 Å². The molecule has 0 fully saturated rings. The monoisotopic (exact) mass is 239 g/mol. The third kappa shape index (κ3) is 4.50. The molecular weight excluding hydrogens is 235 g/mol. The molecule has 82 valence electrons. The molecule has 8 heteroatoms. The lowest BCUT2D eigenvalue weighted by Gasteiger charge is -2.09. The molecule has 0 saturated heterocycles. The number of nitrogens with zero attached hydrogens (tertiary/aromatic N) is 1. The number of carbonyl (C=O) groups excluding carboxylic acids is 1. The maximum Gasteiger partial charge on any atom is 0.485 e. The number of aromatic nitrogens is 1. The standard InChI is InChI=1S/C7H5ClF3N3O/c8-4-1-2-5(12-3-4)13-6(15)14-7(9,10)11/h1-3H,(H2,12,13,14,15). The van der Waals surface area contributed by atoms with Gasteiger partial charge in [-0.05, 0) is 12.1 Å². The highest BCUT2D eigenvalue weighted by Crippen LogP contribution is 2.11. The second-order valence-corrected chi connectivity index (χ2v) is 2.87. The topological polar surface area (TPSA) is 54.0 Å². The maximum absolute atomic E-state index is 11.7. The molecule has 4 nitrogen and oxygen atoms in total. The minimum atomic E-state index is -4.77. The molecule has 1 rings (SSSR count). The largest absolute Gasteiger partial charge is 0.485 e. The van der Waals surface area contributed by atoms with Crippen LogP contribution in [0.5, 0.6) is 0 Å². The molecule has 0 saturated carbocycles. The summed E-state index contributed by atoms with van der Waals surface area (Å²) in [6, 6.07) is 1.26. The van der Waals surface area contributed by atoms with Crippen molar-refractivity contribution in [1.29, 1.82) is 0 Å². The van der Waals surface area contributed by atoms with E-state index < -0.39 is 12.3 Å². The van der Waals surface area contributed by atoms with E-state index in [9.17, 15) is 18.0 Å². The Balaban J connectivity index is 2.55. The third-order valence-corrected chi connectivity index (χ3v) is 1.45. The van der Waals surface area contributed by atoms with E-state index in [1.165, 1.54) is 18.3 Å². The number of carbonyl (C=O) groups is 1. The zero-order valence-electron chi connectivity index (χ0n) is 7.10. The average Bonchev–Trinajstić information content (AvgIpc) is 2.05. The summed E-state index contributed by atoms with van der Waals surface area (Å²) in [5.41, 5.74) is 0. The summed E-state index contributed by atoms with van der Waals surface area (Å²) in [4.78, 5) is 14.3. The van der Waals surface area contributed by atoms with Crippen LogP contribution in [0.2, 0.25) is 5.02 Å². The van der Waals surface area contributed by atoms with Crippen molar-refractivity contribution in [2.24, 2.45) is 0 Å². The van der Waals surface area contributed by atoms with Gasteiger partial charge >= 0.3 is 12.3 Å². The zero-order valence-corrected chi connectivity index (χ0v) is 7.86. The lowest BCUT2D eigenvalue weighted by atomic mass is 10.4. The first-order valence-corrected chi connectivity index (χ1v) is 4.02. The van der Waals surface area contributed by atoms with Crippen molar-refractivity contribution in [2.45, 2.75) is 6.30 Å². The molecule has 0 aliphatic heterocycles. The van der Waals surface area contributed by atoms with Crippen LogP contribution in [-0.4, -0.2) is 17.3 Å². The van der Waals surface area contributed by atoms with Crippen LogP contribution in [0, 0.1) is 0 Å². The number of hydrogen-bond donors (Lipinski definition) is 2. The first-order valence-electron chi connectivity index (χ1n) is 3.64. The number of hydrogen-bond acceptors (Lipinski definition) is 2. The number of urea groups is 1. The number of anilines is 1. The molecule has 2 N–H and O–H groups in total. The quantitative estimate of drug-likeness (QED) is 0.740. The Hall–Kier alpha value is -1.50. The van der Waals surface area contributed by atoms with Gasteiger partial charge in [-0.25, -0.2) is 15.1 Å². The van der Waals surface area contributed by atoms with Crippen LogP contribution in [0.4, 0.5) is 23.8 Å². The number of alkyl halides is 3. The molecule has 0 atom stereocenters. The summed E-state index contributed by atoms with van der Waals surface area (Å²) in [7, 11) is 0. The van der Waals surface area contributed by atoms with E-state index >= 15 is 0 Å².